The van der Waals surface area contributed by atoms with Crippen LogP contribution < -0.4 is 0 Å². The number of aromatic carboxylic acids is 1. The third kappa shape index (κ3) is 1.52. The maximum absolute atomic E-state index is 10.7. The molecule has 2 N–H and O–H groups in total. The quantitative estimate of drug-likeness (QED) is 0.742. The second kappa shape index (κ2) is 3.79. The molecule has 0 bridgehead atoms. The van der Waals surface area contributed by atoms with Gasteiger partial charge in [-0.2, -0.15) is 5.26 Å². The molecule has 0 fully saturated rings. The van der Waals surface area contributed by atoms with Crippen LogP contribution >= 0.6 is 0 Å². The van der Waals surface area contributed by atoms with Crippen LogP contribution in [0, 0.1) is 11.3 Å². The maximum atomic E-state index is 10.7. The third-order valence-corrected chi connectivity index (χ3v) is 1.98. The van der Waals surface area contributed by atoms with Gasteiger partial charge in [-0.05, 0) is 18.1 Å². The monoisotopic (exact) mass is 191 g/mol. The smallest absolute Gasteiger partial charge is 0.337 e. The van der Waals surface area contributed by atoms with Gasteiger partial charge in [-0.3, -0.25) is 0 Å². The van der Waals surface area contributed by atoms with Gasteiger partial charge in [-0.25, -0.2) is 4.79 Å². The fourth-order valence-corrected chi connectivity index (χ4v) is 1.21. The summed E-state index contributed by atoms with van der Waals surface area (Å²) >= 11 is 0. The van der Waals surface area contributed by atoms with Gasteiger partial charge in [0.15, 0.2) is 0 Å². The summed E-state index contributed by atoms with van der Waals surface area (Å²) in [6.45, 7) is 1.82. The highest BCUT2D eigenvalue weighted by molar-refractivity contribution is 5.91. The van der Waals surface area contributed by atoms with Crippen LogP contribution in [0.1, 0.15) is 28.4 Å². The summed E-state index contributed by atoms with van der Waals surface area (Å²) in [5.74, 6) is -1.44. The Bertz CT molecular complexity index is 418. The second-order valence-electron chi connectivity index (χ2n) is 2.77. The molecule has 1 rings (SSSR count). The van der Waals surface area contributed by atoms with Gasteiger partial charge in [0.1, 0.15) is 17.4 Å². The summed E-state index contributed by atoms with van der Waals surface area (Å²) in [4.78, 5) is 10.7. The van der Waals surface area contributed by atoms with E-state index in [-0.39, 0.29) is 16.9 Å². The van der Waals surface area contributed by atoms with Crippen molar-refractivity contribution in [3.63, 3.8) is 0 Å². The van der Waals surface area contributed by atoms with Crippen molar-refractivity contribution in [2.45, 2.75) is 13.3 Å². The molecule has 0 radical (unpaired) electrons. The van der Waals surface area contributed by atoms with Gasteiger partial charge in [-0.15, -0.1) is 0 Å². The summed E-state index contributed by atoms with van der Waals surface area (Å²) in [5.41, 5.74) is 0.241. The van der Waals surface area contributed by atoms with Crippen molar-refractivity contribution in [1.29, 1.82) is 5.26 Å². The van der Waals surface area contributed by atoms with Crippen LogP contribution in [0.25, 0.3) is 0 Å². The average molecular weight is 191 g/mol. The number of nitriles is 1. The van der Waals surface area contributed by atoms with E-state index in [4.69, 9.17) is 10.4 Å². The number of hydrogen-bond donors (Lipinski definition) is 2. The molecule has 0 aliphatic heterocycles. The van der Waals surface area contributed by atoms with Crippen LogP contribution in [-0.2, 0) is 6.42 Å². The lowest BCUT2D eigenvalue weighted by molar-refractivity contribution is 0.0696. The Morgan fingerprint density at radius 2 is 2.21 bits per heavy atom. The fraction of sp³-hybridized carbons (Fsp3) is 0.200. The highest BCUT2D eigenvalue weighted by Crippen LogP contribution is 2.25. The number of carboxylic acid groups (broad SMARTS) is 1. The van der Waals surface area contributed by atoms with Crippen LogP contribution in [0.5, 0.6) is 5.75 Å². The minimum absolute atomic E-state index is 0.165. The zero-order chi connectivity index (χ0) is 10.7. The SMILES string of the molecule is CCc1ccc(C(=O)O)c(C#N)c1O. The molecule has 0 saturated heterocycles. The largest absolute Gasteiger partial charge is 0.506 e. The number of benzene rings is 1. The molecule has 1 aromatic rings. The van der Waals surface area contributed by atoms with E-state index in [0.717, 1.165) is 0 Å². The summed E-state index contributed by atoms with van der Waals surface area (Å²) < 4.78 is 0. The number of rotatable bonds is 2. The van der Waals surface area contributed by atoms with Gasteiger partial charge >= 0.3 is 5.97 Å². The molecular formula is C10H9NO3. The lowest BCUT2D eigenvalue weighted by atomic mass is 10.0. The van der Waals surface area contributed by atoms with Crippen molar-refractivity contribution < 1.29 is 15.0 Å². The maximum Gasteiger partial charge on any atom is 0.337 e. The molecule has 0 aliphatic carbocycles. The molecule has 1 aromatic carbocycles. The van der Waals surface area contributed by atoms with E-state index in [2.05, 4.69) is 0 Å². The first-order chi connectivity index (χ1) is 6.61. The molecule has 0 amide bonds. The van der Waals surface area contributed by atoms with Gasteiger partial charge in [0.2, 0.25) is 0 Å². The van der Waals surface area contributed by atoms with Gasteiger partial charge in [0, 0.05) is 0 Å². The van der Waals surface area contributed by atoms with Gasteiger partial charge < -0.3 is 10.2 Å². The number of carbonyl (C=O) groups is 1. The normalized spacial score (nSPS) is 9.43. The summed E-state index contributed by atoms with van der Waals surface area (Å²) in [6, 6.07) is 4.54. The molecule has 0 aromatic heterocycles. The zero-order valence-electron chi connectivity index (χ0n) is 7.61. The number of carboxylic acids is 1. The van der Waals surface area contributed by atoms with Gasteiger partial charge in [0.05, 0.1) is 5.56 Å². The fourth-order valence-electron chi connectivity index (χ4n) is 1.21. The zero-order valence-corrected chi connectivity index (χ0v) is 7.61. The molecule has 0 unspecified atom stereocenters. The van der Waals surface area contributed by atoms with Crippen LogP contribution in [0.15, 0.2) is 12.1 Å². The van der Waals surface area contributed by atoms with Crippen molar-refractivity contribution in [3.8, 4) is 11.8 Å². The predicted molar refractivity (Wildman–Crippen MR) is 49.2 cm³/mol. The van der Waals surface area contributed by atoms with E-state index >= 15 is 0 Å². The van der Waals surface area contributed by atoms with Crippen molar-refractivity contribution in [3.05, 3.63) is 28.8 Å². The van der Waals surface area contributed by atoms with E-state index in [1.165, 1.54) is 12.1 Å². The molecule has 4 heteroatoms. The third-order valence-electron chi connectivity index (χ3n) is 1.98. The Balaban J connectivity index is 3.45. The van der Waals surface area contributed by atoms with E-state index in [1.54, 1.807) is 6.07 Å². The molecule has 0 saturated carbocycles. The number of hydrogen-bond acceptors (Lipinski definition) is 3. The molecule has 0 heterocycles. The first-order valence-corrected chi connectivity index (χ1v) is 4.10. The summed E-state index contributed by atoms with van der Waals surface area (Å²) in [5, 5.41) is 27.0. The Hall–Kier alpha value is -2.02. The van der Waals surface area contributed by atoms with Crippen molar-refractivity contribution in [1.82, 2.24) is 0 Å². The van der Waals surface area contributed by atoms with Crippen LogP contribution in [-0.4, -0.2) is 16.2 Å². The minimum atomic E-state index is -1.21. The van der Waals surface area contributed by atoms with Crippen molar-refractivity contribution >= 4 is 5.97 Å². The molecule has 72 valence electrons. The summed E-state index contributed by atoms with van der Waals surface area (Å²) in [6.07, 6.45) is 0.556. The first kappa shape index (κ1) is 10.1. The standard InChI is InChI=1S/C10H9NO3/c1-2-6-3-4-7(10(13)14)8(5-11)9(6)12/h3-4,12H,2H2,1H3,(H,13,14). The van der Waals surface area contributed by atoms with Crippen molar-refractivity contribution in [2.75, 3.05) is 0 Å². The Labute approximate surface area is 81.0 Å². The molecule has 4 nitrogen and oxygen atoms in total. The number of aryl methyl sites for hydroxylation is 1. The van der Waals surface area contributed by atoms with Gasteiger partial charge in [0.25, 0.3) is 0 Å². The average Bonchev–Trinajstić information content (AvgIpc) is 2.17. The van der Waals surface area contributed by atoms with Gasteiger partial charge in [-0.1, -0.05) is 13.0 Å². The molecule has 14 heavy (non-hydrogen) atoms. The second-order valence-corrected chi connectivity index (χ2v) is 2.77. The highest BCUT2D eigenvalue weighted by Gasteiger charge is 2.15. The van der Waals surface area contributed by atoms with E-state index in [0.29, 0.717) is 12.0 Å². The van der Waals surface area contributed by atoms with Crippen LogP contribution in [0.4, 0.5) is 0 Å². The van der Waals surface area contributed by atoms with Crippen LogP contribution in [0.3, 0.4) is 0 Å². The van der Waals surface area contributed by atoms with Crippen molar-refractivity contribution in [2.24, 2.45) is 0 Å². The molecule has 0 aliphatic rings. The van der Waals surface area contributed by atoms with E-state index < -0.39 is 5.97 Å². The predicted octanol–water partition coefficient (Wildman–Crippen LogP) is 1.52. The Kier molecular flexibility index (Phi) is 2.73. The number of phenolic OH excluding ortho intramolecular Hbond substituents is 1. The number of nitrogens with zero attached hydrogens (tertiary/aromatic N) is 1. The summed E-state index contributed by atoms with van der Waals surface area (Å²) in [7, 11) is 0. The number of aromatic hydroxyl groups is 1. The topological polar surface area (TPSA) is 81.3 Å². The molecule has 0 atom stereocenters. The lowest BCUT2D eigenvalue weighted by Crippen LogP contribution is -2.01. The number of phenols is 1. The van der Waals surface area contributed by atoms with Crippen LogP contribution in [0.2, 0.25) is 0 Å². The van der Waals surface area contributed by atoms with E-state index in [1.807, 2.05) is 6.92 Å². The van der Waals surface area contributed by atoms with E-state index in [9.17, 15) is 9.90 Å². The minimum Gasteiger partial charge on any atom is -0.506 e. The molecular weight excluding hydrogens is 182 g/mol. The molecule has 0 spiro atoms. The first-order valence-electron chi connectivity index (χ1n) is 4.10. The highest BCUT2D eigenvalue weighted by atomic mass is 16.4. The Morgan fingerprint density at radius 1 is 1.57 bits per heavy atom. The lowest BCUT2D eigenvalue weighted by Gasteiger charge is -2.05. The Morgan fingerprint density at radius 3 is 2.64 bits per heavy atom.